The second-order valence-electron chi connectivity index (χ2n) is 15.4. The molecule has 0 unspecified atom stereocenters. The number of para-hydroxylation sites is 2. The summed E-state index contributed by atoms with van der Waals surface area (Å²) < 4.78 is 50.5. The molecule has 11 heteroatoms. The molecule has 306 valence electrons. The van der Waals surface area contributed by atoms with Crippen molar-refractivity contribution in [3.63, 3.8) is 0 Å². The van der Waals surface area contributed by atoms with Gasteiger partial charge in [-0.25, -0.2) is 14.5 Å². The molecule has 0 aliphatic carbocycles. The van der Waals surface area contributed by atoms with Crippen LogP contribution >= 0.6 is 0 Å². The van der Waals surface area contributed by atoms with Crippen LogP contribution < -0.4 is 0 Å². The zero-order chi connectivity index (χ0) is 45.9. The average Bonchev–Trinajstić information content (AvgIpc) is 3.86. The molecule has 10 rings (SSSR count). The fraction of sp³-hybridized carbons (Fsp3) is 0.0182. The Kier molecular flexibility index (Phi) is 9.41. The number of nitriles is 3. The number of halogens is 3. The number of fused-ring (bicyclic) bond motifs is 6. The smallest absolute Gasteiger partial charge is 0.309 e. The number of rotatable bonds is 5. The predicted octanol–water partition coefficient (Wildman–Crippen LogP) is 15.2. The van der Waals surface area contributed by atoms with Crippen molar-refractivity contribution in [2.24, 2.45) is 0 Å². The Morgan fingerprint density at radius 3 is 1.56 bits per heavy atom. The van der Waals surface area contributed by atoms with Gasteiger partial charge in [0.05, 0.1) is 93.6 Å². The van der Waals surface area contributed by atoms with Gasteiger partial charge in [0.1, 0.15) is 0 Å². The van der Waals surface area contributed by atoms with Gasteiger partial charge >= 0.3 is 6.18 Å². The minimum Gasteiger partial charge on any atom is -0.309 e. The summed E-state index contributed by atoms with van der Waals surface area (Å²) in [4.78, 5) is 10.9. The van der Waals surface area contributed by atoms with E-state index in [1.807, 2.05) is 94.1 Å². The summed E-state index contributed by atoms with van der Waals surface area (Å²) in [5.74, 6) is 0. The molecule has 10 aromatic rings. The number of benzene rings is 8. The summed E-state index contributed by atoms with van der Waals surface area (Å²) in [6.45, 7) is 23.8. The van der Waals surface area contributed by atoms with Gasteiger partial charge in [0.2, 0.25) is 0 Å². The highest BCUT2D eigenvalue weighted by molar-refractivity contribution is 6.13. The first kappa shape index (κ1) is 40.2. The normalized spacial score (nSPS) is 11.2. The van der Waals surface area contributed by atoms with E-state index in [2.05, 4.69) is 32.7 Å². The van der Waals surface area contributed by atoms with Gasteiger partial charge in [-0.2, -0.15) is 29.0 Å². The van der Waals surface area contributed by atoms with Crippen molar-refractivity contribution in [1.29, 1.82) is 15.8 Å². The van der Waals surface area contributed by atoms with Gasteiger partial charge in [-0.3, -0.25) is 0 Å². The lowest BCUT2D eigenvalue weighted by Crippen LogP contribution is -2.11. The van der Waals surface area contributed by atoms with Crippen molar-refractivity contribution >= 4 is 60.7 Å². The van der Waals surface area contributed by atoms with E-state index in [-0.39, 0.29) is 45.0 Å². The van der Waals surface area contributed by atoms with Crippen LogP contribution in [0.25, 0.3) is 103 Å². The Balaban J connectivity index is 1.41. The zero-order valence-electron chi connectivity index (χ0n) is 34.1. The third kappa shape index (κ3) is 6.26. The van der Waals surface area contributed by atoms with Gasteiger partial charge in [0.25, 0.3) is 0 Å². The highest BCUT2D eigenvalue weighted by atomic mass is 19.4. The molecule has 2 heterocycles. The Morgan fingerprint density at radius 2 is 1.02 bits per heavy atom. The van der Waals surface area contributed by atoms with Crippen LogP contribution in [-0.4, -0.2) is 9.13 Å². The molecular formula is C55H25F3N8. The summed E-state index contributed by atoms with van der Waals surface area (Å²) in [6, 6.07) is 48.7. The highest BCUT2D eigenvalue weighted by Gasteiger charge is 2.37. The van der Waals surface area contributed by atoms with Gasteiger partial charge in [0, 0.05) is 32.7 Å². The predicted molar refractivity (Wildman–Crippen MR) is 249 cm³/mol. The van der Waals surface area contributed by atoms with Crippen LogP contribution in [0.3, 0.4) is 0 Å². The molecule has 0 N–H and O–H groups in total. The molecule has 8 nitrogen and oxygen atoms in total. The molecule has 0 radical (unpaired) electrons. The number of hydrogen-bond acceptors (Lipinski definition) is 3. The van der Waals surface area contributed by atoms with E-state index in [1.165, 1.54) is 24.3 Å². The maximum Gasteiger partial charge on any atom is 0.415 e. The average molecular weight is 855 g/mol. The molecule has 0 aliphatic rings. The van der Waals surface area contributed by atoms with Crippen LogP contribution in [0.5, 0.6) is 0 Å². The first-order valence-corrected chi connectivity index (χ1v) is 20.2. The summed E-state index contributed by atoms with van der Waals surface area (Å²) in [7, 11) is 0. The van der Waals surface area contributed by atoms with Crippen LogP contribution in [0.15, 0.2) is 152 Å². The molecule has 0 amide bonds. The van der Waals surface area contributed by atoms with Crippen molar-refractivity contribution in [3.8, 4) is 63.0 Å². The maximum absolute atomic E-state index is 15.6. The van der Waals surface area contributed by atoms with Gasteiger partial charge < -0.3 is 9.13 Å². The van der Waals surface area contributed by atoms with Crippen molar-refractivity contribution in [3.05, 3.63) is 208 Å². The van der Waals surface area contributed by atoms with Crippen molar-refractivity contribution in [2.45, 2.75) is 6.18 Å². The van der Waals surface area contributed by atoms with Crippen molar-refractivity contribution in [2.75, 3.05) is 0 Å². The van der Waals surface area contributed by atoms with E-state index in [1.54, 1.807) is 36.4 Å². The molecule has 0 bridgehead atoms. The minimum absolute atomic E-state index is 0.0216. The molecule has 0 saturated heterocycles. The Hall–Kier alpha value is -9.91. The Bertz CT molecular complexity index is 3800. The van der Waals surface area contributed by atoms with Crippen LogP contribution in [0, 0.1) is 53.7 Å². The summed E-state index contributed by atoms with van der Waals surface area (Å²) in [6.07, 6.45) is -4.93. The molecule has 0 atom stereocenters. The Labute approximate surface area is 374 Å². The molecule has 0 fully saturated rings. The van der Waals surface area contributed by atoms with Crippen molar-refractivity contribution < 1.29 is 13.2 Å². The van der Waals surface area contributed by atoms with Crippen molar-refractivity contribution in [1.82, 2.24) is 9.13 Å². The van der Waals surface area contributed by atoms with E-state index in [0.717, 1.165) is 27.6 Å². The molecule has 0 saturated carbocycles. The van der Waals surface area contributed by atoms with E-state index < -0.39 is 11.7 Å². The SMILES string of the molecule is [C-]#[N+]c1ccc(-c2ccc3c4ccccc4n(-c4cc(C#N)cc(-n5c6ccccc6c6ccc(-c7ccc(C#N)cc7C#N)cc65)c4-c4c([N+]#[C-])cccc4C(F)(F)F)c3c2)c([N+]#[C-])c1. The number of hydrogen-bond donors (Lipinski definition) is 0. The molecule has 2 aromatic heterocycles. The number of alkyl halides is 3. The maximum atomic E-state index is 15.6. The zero-order valence-corrected chi connectivity index (χ0v) is 34.1. The van der Waals surface area contributed by atoms with E-state index in [4.69, 9.17) is 19.7 Å². The van der Waals surface area contributed by atoms with E-state index in [9.17, 15) is 15.8 Å². The molecule has 8 aromatic carbocycles. The Morgan fingerprint density at radius 1 is 0.455 bits per heavy atom. The topological polar surface area (TPSA) is 94.3 Å². The third-order valence-electron chi connectivity index (χ3n) is 11.9. The fourth-order valence-corrected chi connectivity index (χ4v) is 9.10. The molecule has 66 heavy (non-hydrogen) atoms. The summed E-state index contributed by atoms with van der Waals surface area (Å²) in [5, 5.41) is 33.6. The lowest BCUT2D eigenvalue weighted by Gasteiger charge is -2.24. The molecular weight excluding hydrogens is 830 g/mol. The van der Waals surface area contributed by atoms with Gasteiger partial charge in [-0.05, 0) is 70.8 Å². The monoisotopic (exact) mass is 854 g/mol. The number of aromatic nitrogens is 2. The van der Waals surface area contributed by atoms with Gasteiger partial charge in [0.15, 0.2) is 17.1 Å². The first-order valence-electron chi connectivity index (χ1n) is 20.2. The largest absolute Gasteiger partial charge is 0.415 e. The summed E-state index contributed by atoms with van der Waals surface area (Å²) >= 11 is 0. The lowest BCUT2D eigenvalue weighted by molar-refractivity contribution is -0.137. The van der Waals surface area contributed by atoms with E-state index >= 15 is 13.2 Å². The number of nitrogens with zero attached hydrogens (tertiary/aromatic N) is 8. The molecule has 0 aliphatic heterocycles. The summed E-state index contributed by atoms with van der Waals surface area (Å²) in [5.41, 5.74) is 4.47. The minimum atomic E-state index is -4.93. The molecule has 0 spiro atoms. The van der Waals surface area contributed by atoms with E-state index in [0.29, 0.717) is 55.6 Å². The van der Waals surface area contributed by atoms with Crippen LogP contribution in [0.1, 0.15) is 22.3 Å². The van der Waals surface area contributed by atoms with Gasteiger partial charge in [-0.15, -0.1) is 0 Å². The highest BCUT2D eigenvalue weighted by Crippen LogP contribution is 2.50. The first-order chi connectivity index (χ1) is 32.1. The van der Waals surface area contributed by atoms with Crippen LogP contribution in [0.2, 0.25) is 0 Å². The second kappa shape index (κ2) is 15.5. The lowest BCUT2D eigenvalue weighted by atomic mass is 9.92. The quantitative estimate of drug-likeness (QED) is 0.161. The van der Waals surface area contributed by atoms with Gasteiger partial charge in [-0.1, -0.05) is 103 Å². The third-order valence-corrected chi connectivity index (χ3v) is 11.9. The standard InChI is InChI=1S/C55H25F3N8/c1-62-37-18-22-39(46(28-37)64-3)35-17-21-43-41-10-5-7-14-48(41)66(50(43)27-35)52-25-33(30-60)24-51(54(52)53-44(55(56,57)58)11-8-12-45(53)63-2)65-47-13-6-4-9-40(47)42-20-16-34(26-49(42)65)38-19-15-32(29-59)23-36(38)31-61/h4-28H. The second-order valence-corrected chi connectivity index (χ2v) is 15.4. The fourth-order valence-electron chi connectivity index (χ4n) is 9.10. The van der Waals surface area contributed by atoms with Crippen LogP contribution in [-0.2, 0) is 6.18 Å². The van der Waals surface area contributed by atoms with Crippen LogP contribution in [0.4, 0.5) is 30.2 Å².